The fourth-order valence-corrected chi connectivity index (χ4v) is 2.27. The van der Waals surface area contributed by atoms with Gasteiger partial charge in [0.1, 0.15) is 11.5 Å². The van der Waals surface area contributed by atoms with Gasteiger partial charge in [-0.2, -0.15) is 0 Å². The second-order valence-corrected chi connectivity index (χ2v) is 5.57. The molecule has 1 heterocycles. The SMILES string of the molecule is Cc1cccc(Nc2nccc(C(=O)NCc3ccc(F)cc3)n2)c1. The minimum absolute atomic E-state index is 0.257. The van der Waals surface area contributed by atoms with Gasteiger partial charge in [-0.05, 0) is 48.4 Å². The van der Waals surface area contributed by atoms with Crippen LogP contribution in [0.4, 0.5) is 16.0 Å². The van der Waals surface area contributed by atoms with Gasteiger partial charge in [0, 0.05) is 18.4 Å². The van der Waals surface area contributed by atoms with E-state index in [4.69, 9.17) is 0 Å². The smallest absolute Gasteiger partial charge is 0.270 e. The average molecular weight is 336 g/mol. The number of aromatic nitrogens is 2. The first-order valence-corrected chi connectivity index (χ1v) is 7.79. The fraction of sp³-hybridized carbons (Fsp3) is 0.105. The lowest BCUT2D eigenvalue weighted by molar-refractivity contribution is 0.0946. The molecule has 0 bridgehead atoms. The Balaban J connectivity index is 1.65. The second-order valence-electron chi connectivity index (χ2n) is 5.57. The summed E-state index contributed by atoms with van der Waals surface area (Å²) in [5, 5.41) is 5.83. The normalized spacial score (nSPS) is 10.3. The van der Waals surface area contributed by atoms with E-state index in [-0.39, 0.29) is 17.4 Å². The highest BCUT2D eigenvalue weighted by atomic mass is 19.1. The first kappa shape index (κ1) is 16.6. The van der Waals surface area contributed by atoms with Gasteiger partial charge in [-0.25, -0.2) is 14.4 Å². The van der Waals surface area contributed by atoms with E-state index in [0.717, 1.165) is 16.8 Å². The first-order valence-electron chi connectivity index (χ1n) is 7.79. The third kappa shape index (κ3) is 4.60. The Kier molecular flexibility index (Phi) is 4.99. The van der Waals surface area contributed by atoms with Gasteiger partial charge in [0.25, 0.3) is 5.91 Å². The van der Waals surface area contributed by atoms with Gasteiger partial charge in [-0.15, -0.1) is 0 Å². The molecule has 1 amide bonds. The largest absolute Gasteiger partial charge is 0.347 e. The summed E-state index contributed by atoms with van der Waals surface area (Å²) in [6.45, 7) is 2.29. The van der Waals surface area contributed by atoms with E-state index in [1.165, 1.54) is 18.3 Å². The van der Waals surface area contributed by atoms with Crippen LogP contribution >= 0.6 is 0 Å². The number of nitrogens with zero attached hydrogens (tertiary/aromatic N) is 2. The van der Waals surface area contributed by atoms with Crippen LogP contribution in [0.3, 0.4) is 0 Å². The Bertz CT molecular complexity index is 881. The zero-order valence-electron chi connectivity index (χ0n) is 13.7. The number of amides is 1. The van der Waals surface area contributed by atoms with Gasteiger partial charge in [-0.3, -0.25) is 4.79 Å². The maximum absolute atomic E-state index is 12.9. The zero-order valence-corrected chi connectivity index (χ0v) is 13.7. The Morgan fingerprint density at radius 2 is 1.92 bits per heavy atom. The number of benzene rings is 2. The number of carbonyl (C=O) groups excluding carboxylic acids is 1. The molecule has 0 atom stereocenters. The first-order chi connectivity index (χ1) is 12.1. The van der Waals surface area contributed by atoms with E-state index in [9.17, 15) is 9.18 Å². The molecule has 0 unspecified atom stereocenters. The average Bonchev–Trinajstić information content (AvgIpc) is 2.61. The van der Waals surface area contributed by atoms with Gasteiger partial charge in [0.2, 0.25) is 5.95 Å². The second kappa shape index (κ2) is 7.53. The van der Waals surface area contributed by atoms with E-state index in [1.54, 1.807) is 18.2 Å². The number of hydrogen-bond acceptors (Lipinski definition) is 4. The van der Waals surface area contributed by atoms with Gasteiger partial charge < -0.3 is 10.6 Å². The predicted molar refractivity (Wildman–Crippen MR) is 94.1 cm³/mol. The molecule has 0 saturated heterocycles. The molecule has 0 aliphatic carbocycles. The maximum Gasteiger partial charge on any atom is 0.270 e. The molecule has 2 aromatic carbocycles. The molecule has 0 fully saturated rings. The van der Waals surface area contributed by atoms with Crippen molar-refractivity contribution in [2.75, 3.05) is 5.32 Å². The Labute approximate surface area is 145 Å². The van der Waals surface area contributed by atoms with Gasteiger partial charge in [-0.1, -0.05) is 24.3 Å². The van der Waals surface area contributed by atoms with Crippen molar-refractivity contribution in [2.24, 2.45) is 0 Å². The van der Waals surface area contributed by atoms with Crippen LogP contribution in [-0.2, 0) is 6.54 Å². The topological polar surface area (TPSA) is 66.9 Å². The summed E-state index contributed by atoms with van der Waals surface area (Å²) in [6, 6.07) is 15.3. The molecule has 5 nitrogen and oxygen atoms in total. The number of hydrogen-bond donors (Lipinski definition) is 2. The van der Waals surface area contributed by atoms with E-state index in [2.05, 4.69) is 20.6 Å². The van der Waals surface area contributed by atoms with Crippen LogP contribution in [0, 0.1) is 12.7 Å². The lowest BCUT2D eigenvalue weighted by atomic mass is 10.2. The van der Waals surface area contributed by atoms with Crippen molar-refractivity contribution in [2.45, 2.75) is 13.5 Å². The quantitative estimate of drug-likeness (QED) is 0.747. The van der Waals surface area contributed by atoms with Crippen LogP contribution in [0.15, 0.2) is 60.8 Å². The monoisotopic (exact) mass is 336 g/mol. The van der Waals surface area contributed by atoms with Crippen LogP contribution in [-0.4, -0.2) is 15.9 Å². The standard InChI is InChI=1S/C19H17FN4O/c1-13-3-2-4-16(11-13)23-19-21-10-9-17(24-19)18(25)22-12-14-5-7-15(20)8-6-14/h2-11H,12H2,1H3,(H,22,25)(H,21,23,24). The van der Waals surface area contributed by atoms with Crippen molar-refractivity contribution < 1.29 is 9.18 Å². The summed E-state index contributed by atoms with van der Waals surface area (Å²) in [5.41, 5.74) is 3.02. The molecule has 3 rings (SSSR count). The third-order valence-electron chi connectivity index (χ3n) is 3.53. The summed E-state index contributed by atoms with van der Waals surface area (Å²) in [6.07, 6.45) is 1.53. The number of carbonyl (C=O) groups is 1. The molecular weight excluding hydrogens is 319 g/mol. The minimum Gasteiger partial charge on any atom is -0.347 e. The zero-order chi connectivity index (χ0) is 17.6. The summed E-state index contributed by atoms with van der Waals surface area (Å²) in [4.78, 5) is 20.6. The molecule has 0 saturated carbocycles. The molecule has 0 spiro atoms. The van der Waals surface area contributed by atoms with Crippen LogP contribution < -0.4 is 10.6 Å². The molecule has 0 radical (unpaired) electrons. The number of rotatable bonds is 5. The Hall–Kier alpha value is -3.28. The van der Waals surface area contributed by atoms with Crippen molar-refractivity contribution >= 4 is 17.5 Å². The molecule has 2 N–H and O–H groups in total. The minimum atomic E-state index is -0.320. The molecule has 126 valence electrons. The molecular formula is C19H17FN4O. The summed E-state index contributed by atoms with van der Waals surface area (Å²) in [5.74, 6) is -0.281. The molecule has 6 heteroatoms. The van der Waals surface area contributed by atoms with E-state index < -0.39 is 0 Å². The van der Waals surface area contributed by atoms with Crippen molar-refractivity contribution in [3.05, 3.63) is 83.4 Å². The van der Waals surface area contributed by atoms with Crippen molar-refractivity contribution in [1.82, 2.24) is 15.3 Å². The number of nitrogens with one attached hydrogen (secondary N) is 2. The maximum atomic E-state index is 12.9. The van der Waals surface area contributed by atoms with Crippen molar-refractivity contribution in [1.29, 1.82) is 0 Å². The highest BCUT2D eigenvalue weighted by molar-refractivity contribution is 5.92. The van der Waals surface area contributed by atoms with Crippen molar-refractivity contribution in [3.63, 3.8) is 0 Å². The van der Waals surface area contributed by atoms with Gasteiger partial charge in [0.15, 0.2) is 0 Å². The highest BCUT2D eigenvalue weighted by Crippen LogP contribution is 2.14. The lowest BCUT2D eigenvalue weighted by Gasteiger charge is -2.08. The molecule has 3 aromatic rings. The number of anilines is 2. The summed E-state index contributed by atoms with van der Waals surface area (Å²) in [7, 11) is 0. The summed E-state index contributed by atoms with van der Waals surface area (Å²) < 4.78 is 12.9. The summed E-state index contributed by atoms with van der Waals surface area (Å²) >= 11 is 0. The molecule has 0 aliphatic heterocycles. The molecule has 25 heavy (non-hydrogen) atoms. The molecule has 1 aromatic heterocycles. The van der Waals surface area contributed by atoms with E-state index >= 15 is 0 Å². The fourth-order valence-electron chi connectivity index (χ4n) is 2.27. The van der Waals surface area contributed by atoms with E-state index in [1.807, 2.05) is 31.2 Å². The Morgan fingerprint density at radius 3 is 2.68 bits per heavy atom. The third-order valence-corrected chi connectivity index (χ3v) is 3.53. The van der Waals surface area contributed by atoms with Crippen LogP contribution in [0.5, 0.6) is 0 Å². The number of aryl methyl sites for hydroxylation is 1. The van der Waals surface area contributed by atoms with Crippen LogP contribution in [0.1, 0.15) is 21.6 Å². The Morgan fingerprint density at radius 1 is 1.12 bits per heavy atom. The molecule has 0 aliphatic rings. The van der Waals surface area contributed by atoms with Crippen LogP contribution in [0.25, 0.3) is 0 Å². The van der Waals surface area contributed by atoms with Crippen molar-refractivity contribution in [3.8, 4) is 0 Å². The highest BCUT2D eigenvalue weighted by Gasteiger charge is 2.09. The van der Waals surface area contributed by atoms with Crippen LogP contribution in [0.2, 0.25) is 0 Å². The number of halogens is 1. The predicted octanol–water partition coefficient (Wildman–Crippen LogP) is 3.60. The lowest BCUT2D eigenvalue weighted by Crippen LogP contribution is -2.24. The van der Waals surface area contributed by atoms with Gasteiger partial charge in [0.05, 0.1) is 0 Å². The van der Waals surface area contributed by atoms with Gasteiger partial charge >= 0.3 is 0 Å². The van der Waals surface area contributed by atoms with E-state index in [0.29, 0.717) is 12.5 Å².